The third-order valence-electron chi connectivity index (χ3n) is 2.89. The Morgan fingerprint density at radius 3 is 2.67 bits per heavy atom. The van der Waals surface area contributed by atoms with E-state index in [9.17, 15) is 0 Å². The first-order valence-electron chi connectivity index (χ1n) is 6.37. The van der Waals surface area contributed by atoms with E-state index in [0.29, 0.717) is 28.9 Å². The molecule has 1 heterocycles. The molecular weight excluding hydrogens is 292 g/mol. The molecule has 112 valence electrons. The zero-order valence-corrected chi connectivity index (χ0v) is 12.7. The molecule has 0 atom stereocenters. The Morgan fingerprint density at radius 2 is 2.00 bits per heavy atom. The number of ether oxygens (including phenoxy) is 3. The number of halogens is 1. The molecule has 21 heavy (non-hydrogen) atoms. The summed E-state index contributed by atoms with van der Waals surface area (Å²) in [5, 5.41) is 0.555. The Hall–Kier alpha value is -1.98. The summed E-state index contributed by atoms with van der Waals surface area (Å²) in [7, 11) is 3.13. The molecule has 0 fully saturated rings. The van der Waals surface area contributed by atoms with Gasteiger partial charge in [0.1, 0.15) is 6.61 Å². The number of aromatic nitrogens is 1. The second-order valence-electron chi connectivity index (χ2n) is 4.26. The van der Waals surface area contributed by atoms with Crippen LogP contribution in [-0.2, 0) is 13.2 Å². The van der Waals surface area contributed by atoms with E-state index < -0.39 is 0 Å². The minimum Gasteiger partial charge on any atom is -0.493 e. The summed E-state index contributed by atoms with van der Waals surface area (Å²) in [4.78, 5) is 4.29. The molecular formula is C15H17ClN2O3. The number of benzene rings is 1. The smallest absolute Gasteiger partial charge is 0.213 e. The van der Waals surface area contributed by atoms with Gasteiger partial charge < -0.3 is 19.9 Å². The van der Waals surface area contributed by atoms with E-state index in [1.807, 2.05) is 12.1 Å². The van der Waals surface area contributed by atoms with Crippen LogP contribution in [0, 0.1) is 0 Å². The van der Waals surface area contributed by atoms with E-state index in [2.05, 4.69) is 4.98 Å². The van der Waals surface area contributed by atoms with Gasteiger partial charge in [-0.15, -0.1) is 0 Å². The summed E-state index contributed by atoms with van der Waals surface area (Å²) in [5.74, 6) is 1.66. The number of nitrogens with two attached hydrogens (primary N) is 1. The fourth-order valence-electron chi connectivity index (χ4n) is 1.89. The lowest BCUT2D eigenvalue weighted by atomic mass is 10.2. The van der Waals surface area contributed by atoms with Crippen molar-refractivity contribution < 1.29 is 14.2 Å². The van der Waals surface area contributed by atoms with Gasteiger partial charge in [-0.2, -0.15) is 0 Å². The highest BCUT2D eigenvalue weighted by atomic mass is 35.5. The van der Waals surface area contributed by atoms with Crippen LogP contribution in [0.2, 0.25) is 5.02 Å². The van der Waals surface area contributed by atoms with Crippen molar-refractivity contribution in [2.45, 2.75) is 13.2 Å². The molecule has 1 aromatic heterocycles. The Kier molecular flexibility index (Phi) is 5.25. The number of nitrogens with zero attached hydrogens (tertiary/aromatic N) is 1. The highest BCUT2D eigenvalue weighted by Gasteiger charge is 2.12. The van der Waals surface area contributed by atoms with E-state index >= 15 is 0 Å². The quantitative estimate of drug-likeness (QED) is 0.889. The lowest BCUT2D eigenvalue weighted by molar-refractivity contribution is 0.275. The summed E-state index contributed by atoms with van der Waals surface area (Å²) in [6.07, 6.45) is 0. The number of hydrogen-bond donors (Lipinski definition) is 1. The maximum Gasteiger partial charge on any atom is 0.213 e. The summed E-state index contributed by atoms with van der Waals surface area (Å²) in [6.45, 7) is 0.583. The molecule has 0 amide bonds. The van der Waals surface area contributed by atoms with Crippen LogP contribution in [0.25, 0.3) is 0 Å². The van der Waals surface area contributed by atoms with Crippen LogP contribution in [0.1, 0.15) is 11.3 Å². The minimum absolute atomic E-state index is 0.280. The second-order valence-corrected chi connectivity index (χ2v) is 4.70. The van der Waals surface area contributed by atoms with Gasteiger partial charge in [0.2, 0.25) is 5.88 Å². The molecule has 0 spiro atoms. The molecule has 0 aliphatic rings. The molecule has 0 aliphatic carbocycles. The molecule has 2 N–H and O–H groups in total. The number of pyridine rings is 1. The van der Waals surface area contributed by atoms with Crippen LogP contribution < -0.4 is 19.9 Å². The highest BCUT2D eigenvalue weighted by molar-refractivity contribution is 6.30. The molecule has 0 aliphatic heterocycles. The number of hydrogen-bond acceptors (Lipinski definition) is 5. The van der Waals surface area contributed by atoms with Crippen molar-refractivity contribution >= 4 is 11.6 Å². The third kappa shape index (κ3) is 3.77. The Bertz CT molecular complexity index is 595. The summed E-state index contributed by atoms with van der Waals surface area (Å²) in [5.41, 5.74) is 7.25. The lowest BCUT2D eigenvalue weighted by Crippen LogP contribution is -2.06. The first-order valence-corrected chi connectivity index (χ1v) is 6.75. The van der Waals surface area contributed by atoms with Crippen molar-refractivity contribution in [3.8, 4) is 17.4 Å². The monoisotopic (exact) mass is 308 g/mol. The Labute approximate surface area is 128 Å². The topological polar surface area (TPSA) is 66.6 Å². The fraction of sp³-hybridized carbons (Fsp3) is 0.267. The summed E-state index contributed by atoms with van der Waals surface area (Å²) >= 11 is 6.02. The van der Waals surface area contributed by atoms with Crippen LogP contribution in [0.3, 0.4) is 0 Å². The van der Waals surface area contributed by atoms with Crippen molar-refractivity contribution in [1.82, 2.24) is 4.98 Å². The third-order valence-corrected chi connectivity index (χ3v) is 3.11. The Balaban J connectivity index is 2.22. The predicted molar refractivity (Wildman–Crippen MR) is 81.0 cm³/mol. The molecule has 0 saturated heterocycles. The largest absolute Gasteiger partial charge is 0.493 e. The highest BCUT2D eigenvalue weighted by Crippen LogP contribution is 2.35. The van der Waals surface area contributed by atoms with E-state index in [1.165, 1.54) is 0 Å². The Morgan fingerprint density at radius 1 is 1.19 bits per heavy atom. The predicted octanol–water partition coefficient (Wildman–Crippen LogP) is 2.79. The SMILES string of the molecule is COc1cccc(COc2c(CN)cc(Cl)cc2OC)n1. The van der Waals surface area contributed by atoms with Crippen LogP contribution in [0.5, 0.6) is 17.4 Å². The van der Waals surface area contributed by atoms with Crippen LogP contribution in [0.15, 0.2) is 30.3 Å². The van der Waals surface area contributed by atoms with E-state index in [4.69, 9.17) is 31.5 Å². The zero-order valence-electron chi connectivity index (χ0n) is 11.9. The maximum absolute atomic E-state index is 6.02. The van der Waals surface area contributed by atoms with Gasteiger partial charge in [0, 0.05) is 29.3 Å². The van der Waals surface area contributed by atoms with Crippen LogP contribution in [0.4, 0.5) is 0 Å². The fourth-order valence-corrected chi connectivity index (χ4v) is 2.12. The summed E-state index contributed by atoms with van der Waals surface area (Å²) in [6, 6.07) is 8.94. The first kappa shape index (κ1) is 15.4. The number of methoxy groups -OCH3 is 2. The molecule has 0 unspecified atom stereocenters. The average Bonchev–Trinajstić information content (AvgIpc) is 2.52. The molecule has 0 saturated carbocycles. The van der Waals surface area contributed by atoms with E-state index in [-0.39, 0.29) is 6.61 Å². The molecule has 1 aromatic carbocycles. The molecule has 6 heteroatoms. The van der Waals surface area contributed by atoms with Crippen molar-refractivity contribution in [3.05, 3.63) is 46.6 Å². The molecule has 2 aromatic rings. The lowest BCUT2D eigenvalue weighted by Gasteiger charge is -2.15. The molecule has 2 rings (SSSR count). The number of rotatable bonds is 6. The van der Waals surface area contributed by atoms with Gasteiger partial charge in [-0.3, -0.25) is 0 Å². The van der Waals surface area contributed by atoms with Gasteiger partial charge in [-0.1, -0.05) is 17.7 Å². The normalized spacial score (nSPS) is 10.3. The first-order chi connectivity index (χ1) is 10.2. The molecule has 0 bridgehead atoms. The minimum atomic E-state index is 0.280. The van der Waals surface area contributed by atoms with Crippen LogP contribution in [-0.4, -0.2) is 19.2 Å². The van der Waals surface area contributed by atoms with Gasteiger partial charge in [-0.05, 0) is 12.1 Å². The van der Waals surface area contributed by atoms with Crippen molar-refractivity contribution in [2.75, 3.05) is 14.2 Å². The zero-order chi connectivity index (χ0) is 15.2. The average molecular weight is 309 g/mol. The van der Waals surface area contributed by atoms with Crippen molar-refractivity contribution in [1.29, 1.82) is 0 Å². The van der Waals surface area contributed by atoms with Gasteiger partial charge in [0.05, 0.1) is 19.9 Å². The van der Waals surface area contributed by atoms with Gasteiger partial charge in [-0.25, -0.2) is 4.98 Å². The molecule has 0 radical (unpaired) electrons. The maximum atomic E-state index is 6.02. The van der Waals surface area contributed by atoms with E-state index in [1.54, 1.807) is 32.4 Å². The van der Waals surface area contributed by atoms with E-state index in [0.717, 1.165) is 11.3 Å². The second kappa shape index (κ2) is 7.15. The van der Waals surface area contributed by atoms with Crippen molar-refractivity contribution in [2.24, 2.45) is 5.73 Å². The van der Waals surface area contributed by atoms with Gasteiger partial charge in [0.15, 0.2) is 11.5 Å². The van der Waals surface area contributed by atoms with Crippen molar-refractivity contribution in [3.63, 3.8) is 0 Å². The summed E-state index contributed by atoms with van der Waals surface area (Å²) < 4.78 is 16.2. The van der Waals surface area contributed by atoms with Crippen LogP contribution >= 0.6 is 11.6 Å². The van der Waals surface area contributed by atoms with Gasteiger partial charge >= 0.3 is 0 Å². The van der Waals surface area contributed by atoms with Gasteiger partial charge in [0.25, 0.3) is 0 Å². The molecule has 5 nitrogen and oxygen atoms in total. The standard InChI is InChI=1S/C15H17ClN2O3/c1-19-13-7-11(16)6-10(8-17)15(13)21-9-12-4-3-5-14(18-12)20-2/h3-7H,8-9,17H2,1-2H3.